The van der Waals surface area contributed by atoms with Crippen molar-refractivity contribution in [2.24, 2.45) is 0 Å². The predicted molar refractivity (Wildman–Crippen MR) is 111 cm³/mol. The standard InChI is InChI=1S/C23H28N2O5/c1-23(2)12-29-19-17-8-7-13(21(26)24-14-5-4-6-14)9-18(17)30-20(19)22(27)25(23)15-10-16(11-15)28-3/h7-9,14-16H,4-6,10-12H2,1-3H3,(H,24,26). The highest BCUT2D eigenvalue weighted by Crippen LogP contribution is 2.42. The average molecular weight is 412 g/mol. The fourth-order valence-corrected chi connectivity index (χ4v) is 4.62. The maximum atomic E-state index is 13.5. The van der Waals surface area contributed by atoms with Crippen LogP contribution >= 0.6 is 0 Å². The van der Waals surface area contributed by atoms with E-state index in [1.807, 2.05) is 24.8 Å². The van der Waals surface area contributed by atoms with Gasteiger partial charge in [-0.1, -0.05) is 0 Å². The van der Waals surface area contributed by atoms with Gasteiger partial charge in [0, 0.05) is 24.8 Å². The molecule has 1 N–H and O–H groups in total. The number of fused-ring (bicyclic) bond motifs is 3. The van der Waals surface area contributed by atoms with Crippen LogP contribution in [0.15, 0.2) is 22.6 Å². The Morgan fingerprint density at radius 1 is 1.27 bits per heavy atom. The zero-order chi connectivity index (χ0) is 21.0. The van der Waals surface area contributed by atoms with Crippen LogP contribution in [0.25, 0.3) is 11.0 Å². The van der Waals surface area contributed by atoms with Gasteiger partial charge in [-0.25, -0.2) is 0 Å². The Bertz CT molecular complexity index is 1000. The molecule has 0 radical (unpaired) electrons. The van der Waals surface area contributed by atoms with Crippen LogP contribution in [0, 0.1) is 0 Å². The molecule has 160 valence electrons. The number of carbonyl (C=O) groups excluding carboxylic acids is 2. The summed E-state index contributed by atoms with van der Waals surface area (Å²) < 4.78 is 17.5. The van der Waals surface area contributed by atoms with Crippen LogP contribution in [0.3, 0.4) is 0 Å². The van der Waals surface area contributed by atoms with E-state index in [4.69, 9.17) is 13.9 Å². The number of methoxy groups -OCH3 is 1. The third kappa shape index (κ3) is 3.07. The molecular weight excluding hydrogens is 384 g/mol. The molecule has 2 aromatic rings. The van der Waals surface area contributed by atoms with Crippen LogP contribution in [-0.2, 0) is 4.74 Å². The van der Waals surface area contributed by atoms with Gasteiger partial charge in [-0.15, -0.1) is 0 Å². The summed E-state index contributed by atoms with van der Waals surface area (Å²) in [6.45, 7) is 4.41. The highest BCUT2D eigenvalue weighted by Gasteiger charge is 2.47. The molecule has 0 unspecified atom stereocenters. The molecular formula is C23H28N2O5. The minimum absolute atomic E-state index is 0.101. The lowest BCUT2D eigenvalue weighted by atomic mass is 9.84. The van der Waals surface area contributed by atoms with E-state index in [9.17, 15) is 9.59 Å². The zero-order valence-corrected chi connectivity index (χ0v) is 17.7. The van der Waals surface area contributed by atoms with Crippen LogP contribution in [0.2, 0.25) is 0 Å². The molecule has 0 saturated heterocycles. The third-order valence-electron chi connectivity index (χ3n) is 6.75. The second-order valence-corrected chi connectivity index (χ2v) is 9.33. The fraction of sp³-hybridized carbons (Fsp3) is 0.565. The van der Waals surface area contributed by atoms with E-state index in [2.05, 4.69) is 5.32 Å². The molecule has 3 aliphatic rings. The Balaban J connectivity index is 1.46. The number of benzene rings is 1. The van der Waals surface area contributed by atoms with Crippen molar-refractivity contribution in [3.05, 3.63) is 29.5 Å². The molecule has 1 aromatic heterocycles. The Hall–Kier alpha value is -2.54. The summed E-state index contributed by atoms with van der Waals surface area (Å²) in [5.41, 5.74) is 0.569. The van der Waals surface area contributed by atoms with Gasteiger partial charge in [-0.3, -0.25) is 9.59 Å². The van der Waals surface area contributed by atoms with E-state index in [0.29, 0.717) is 23.5 Å². The number of hydrogen-bond acceptors (Lipinski definition) is 5. The van der Waals surface area contributed by atoms with E-state index in [0.717, 1.165) is 37.5 Å². The molecule has 0 bridgehead atoms. The lowest BCUT2D eigenvalue weighted by Crippen LogP contribution is -2.59. The van der Waals surface area contributed by atoms with Crippen molar-refractivity contribution in [3.63, 3.8) is 0 Å². The van der Waals surface area contributed by atoms with E-state index in [-0.39, 0.29) is 35.8 Å². The monoisotopic (exact) mass is 412 g/mol. The van der Waals surface area contributed by atoms with Crippen molar-refractivity contribution in [3.8, 4) is 5.75 Å². The Labute approximate surface area is 175 Å². The molecule has 2 saturated carbocycles. The number of nitrogens with zero attached hydrogens (tertiary/aromatic N) is 1. The van der Waals surface area contributed by atoms with E-state index in [1.54, 1.807) is 19.2 Å². The Kier molecular flexibility index (Phi) is 4.54. The molecule has 7 nitrogen and oxygen atoms in total. The van der Waals surface area contributed by atoms with Gasteiger partial charge in [0.15, 0.2) is 5.75 Å². The number of ether oxygens (including phenoxy) is 2. The smallest absolute Gasteiger partial charge is 0.294 e. The summed E-state index contributed by atoms with van der Waals surface area (Å²) in [7, 11) is 1.70. The van der Waals surface area contributed by atoms with Crippen molar-refractivity contribution in [1.82, 2.24) is 10.2 Å². The van der Waals surface area contributed by atoms with E-state index in [1.165, 1.54) is 0 Å². The largest absolute Gasteiger partial charge is 0.486 e. The number of hydrogen-bond donors (Lipinski definition) is 1. The number of nitrogens with one attached hydrogen (secondary N) is 1. The highest BCUT2D eigenvalue weighted by molar-refractivity contribution is 6.04. The molecule has 2 heterocycles. The number of rotatable bonds is 4. The van der Waals surface area contributed by atoms with Gasteiger partial charge in [0.1, 0.15) is 12.2 Å². The van der Waals surface area contributed by atoms with Gasteiger partial charge in [0.25, 0.3) is 11.8 Å². The van der Waals surface area contributed by atoms with Crippen molar-refractivity contribution in [1.29, 1.82) is 0 Å². The Morgan fingerprint density at radius 3 is 2.70 bits per heavy atom. The molecule has 0 atom stereocenters. The topological polar surface area (TPSA) is 81.0 Å². The van der Waals surface area contributed by atoms with E-state index < -0.39 is 5.54 Å². The fourth-order valence-electron chi connectivity index (χ4n) is 4.62. The van der Waals surface area contributed by atoms with E-state index >= 15 is 0 Å². The van der Waals surface area contributed by atoms with Crippen LogP contribution < -0.4 is 10.1 Å². The first kappa shape index (κ1) is 19.4. The van der Waals surface area contributed by atoms with Crippen LogP contribution in [0.1, 0.15) is 66.9 Å². The first-order chi connectivity index (χ1) is 14.4. The molecule has 2 aliphatic carbocycles. The maximum Gasteiger partial charge on any atom is 0.294 e. The molecule has 1 aliphatic heterocycles. The normalized spacial score (nSPS) is 25.7. The van der Waals surface area contributed by atoms with Gasteiger partial charge in [0.2, 0.25) is 5.76 Å². The molecule has 2 fully saturated rings. The molecule has 1 aromatic carbocycles. The Morgan fingerprint density at radius 2 is 2.03 bits per heavy atom. The average Bonchev–Trinajstić information content (AvgIpc) is 2.98. The van der Waals surface area contributed by atoms with Gasteiger partial charge in [-0.05, 0) is 64.2 Å². The molecule has 7 heteroatoms. The summed E-state index contributed by atoms with van der Waals surface area (Å²) >= 11 is 0. The lowest BCUT2D eigenvalue weighted by molar-refractivity contribution is -0.0516. The van der Waals surface area contributed by atoms with Crippen molar-refractivity contribution in [2.45, 2.75) is 69.7 Å². The quantitative estimate of drug-likeness (QED) is 0.831. The third-order valence-corrected chi connectivity index (χ3v) is 6.75. The minimum Gasteiger partial charge on any atom is -0.486 e. The zero-order valence-electron chi connectivity index (χ0n) is 17.7. The van der Waals surface area contributed by atoms with Crippen LogP contribution in [0.4, 0.5) is 0 Å². The molecule has 30 heavy (non-hydrogen) atoms. The molecule has 5 rings (SSSR count). The molecule has 0 spiro atoms. The number of carbonyl (C=O) groups is 2. The lowest BCUT2D eigenvalue weighted by Gasteiger charge is -2.48. The first-order valence-electron chi connectivity index (χ1n) is 10.7. The molecule has 2 amide bonds. The number of furan rings is 1. The van der Waals surface area contributed by atoms with Crippen LogP contribution in [0.5, 0.6) is 5.75 Å². The van der Waals surface area contributed by atoms with Gasteiger partial charge in [-0.2, -0.15) is 0 Å². The second-order valence-electron chi connectivity index (χ2n) is 9.33. The van der Waals surface area contributed by atoms with Crippen LogP contribution in [-0.4, -0.2) is 54.2 Å². The minimum atomic E-state index is -0.461. The summed E-state index contributed by atoms with van der Waals surface area (Å²) in [5, 5.41) is 3.76. The maximum absolute atomic E-state index is 13.5. The van der Waals surface area contributed by atoms with Gasteiger partial charge in [0.05, 0.1) is 17.0 Å². The summed E-state index contributed by atoms with van der Waals surface area (Å²) in [4.78, 5) is 27.9. The van der Waals surface area contributed by atoms with Gasteiger partial charge >= 0.3 is 0 Å². The second kappa shape index (κ2) is 7.01. The van der Waals surface area contributed by atoms with Crippen molar-refractivity contribution >= 4 is 22.8 Å². The van der Waals surface area contributed by atoms with Crippen molar-refractivity contribution in [2.75, 3.05) is 13.7 Å². The van der Waals surface area contributed by atoms with Gasteiger partial charge < -0.3 is 24.1 Å². The number of amides is 2. The highest BCUT2D eigenvalue weighted by atomic mass is 16.5. The van der Waals surface area contributed by atoms with Crippen molar-refractivity contribution < 1.29 is 23.5 Å². The predicted octanol–water partition coefficient (Wildman–Crippen LogP) is 3.51. The summed E-state index contributed by atoms with van der Waals surface area (Å²) in [6, 6.07) is 5.65. The summed E-state index contributed by atoms with van der Waals surface area (Å²) in [6.07, 6.45) is 5.03. The first-order valence-corrected chi connectivity index (χ1v) is 10.7. The SMILES string of the molecule is COC1CC(N2C(=O)c3oc4cc(C(=O)NC5CCC5)ccc4c3OCC2(C)C)C1. The summed E-state index contributed by atoms with van der Waals surface area (Å²) in [5.74, 6) is 0.416.